The molecule has 0 aliphatic heterocycles. The van der Waals surface area contributed by atoms with Crippen LogP contribution in [-0.4, -0.2) is 11.2 Å². The quantitative estimate of drug-likeness (QED) is 0.564. The molecule has 0 aromatic rings. The smallest absolute Gasteiger partial charge is 0.0568 e. The van der Waals surface area contributed by atoms with Crippen molar-refractivity contribution >= 4 is 0 Å². The number of unbranched alkanes of at least 4 members (excludes halogenated alkanes) is 3. The van der Waals surface area contributed by atoms with Crippen LogP contribution >= 0.6 is 0 Å². The number of hydrogen-bond donors (Lipinski definition) is 1. The predicted molar refractivity (Wildman–Crippen MR) is 68.0 cm³/mol. The van der Waals surface area contributed by atoms with Gasteiger partial charge in [0.25, 0.3) is 0 Å². The van der Waals surface area contributed by atoms with Gasteiger partial charge in [-0.15, -0.1) is 0 Å². The molecule has 0 saturated carbocycles. The van der Waals surface area contributed by atoms with Crippen molar-refractivity contribution in [2.45, 2.75) is 78.7 Å². The minimum Gasteiger partial charge on any atom is -0.393 e. The minimum absolute atomic E-state index is 0.0609. The normalized spacial score (nSPS) is 15.6. The molecule has 92 valence electrons. The lowest BCUT2D eigenvalue weighted by Crippen LogP contribution is -2.21. The zero-order chi connectivity index (χ0) is 11.7. The van der Waals surface area contributed by atoms with E-state index in [1.165, 1.54) is 32.1 Å². The maximum absolute atomic E-state index is 10.1. The fourth-order valence-electron chi connectivity index (χ4n) is 2.22. The highest BCUT2D eigenvalue weighted by Crippen LogP contribution is 2.22. The van der Waals surface area contributed by atoms with Gasteiger partial charge in [-0.2, -0.15) is 0 Å². The SMILES string of the molecule is CCCCCCC(O)C(CC)CC(C)C. The molecule has 1 N–H and O–H groups in total. The van der Waals surface area contributed by atoms with Crippen LogP contribution in [0.5, 0.6) is 0 Å². The summed E-state index contributed by atoms with van der Waals surface area (Å²) < 4.78 is 0. The van der Waals surface area contributed by atoms with Crippen molar-refractivity contribution in [1.82, 2.24) is 0 Å². The molecule has 2 unspecified atom stereocenters. The second-order valence-corrected chi connectivity index (χ2v) is 5.21. The summed E-state index contributed by atoms with van der Waals surface area (Å²) in [6.45, 7) is 8.91. The monoisotopic (exact) mass is 214 g/mol. The highest BCUT2D eigenvalue weighted by Gasteiger charge is 2.17. The lowest BCUT2D eigenvalue weighted by molar-refractivity contribution is 0.0819. The van der Waals surface area contributed by atoms with Gasteiger partial charge in [-0.1, -0.05) is 59.8 Å². The Morgan fingerprint density at radius 2 is 1.67 bits per heavy atom. The van der Waals surface area contributed by atoms with E-state index in [0.717, 1.165) is 12.8 Å². The fourth-order valence-corrected chi connectivity index (χ4v) is 2.22. The van der Waals surface area contributed by atoms with Crippen molar-refractivity contribution in [3.05, 3.63) is 0 Å². The summed E-state index contributed by atoms with van der Waals surface area (Å²) in [5.41, 5.74) is 0. The maximum atomic E-state index is 10.1. The average Bonchev–Trinajstić information content (AvgIpc) is 2.20. The first-order valence-corrected chi connectivity index (χ1v) is 6.79. The molecule has 1 heteroatoms. The Bertz CT molecular complexity index is 131. The molecule has 0 bridgehead atoms. The first-order chi connectivity index (χ1) is 7.11. The summed E-state index contributed by atoms with van der Waals surface area (Å²) >= 11 is 0. The highest BCUT2D eigenvalue weighted by atomic mass is 16.3. The van der Waals surface area contributed by atoms with Gasteiger partial charge < -0.3 is 5.11 Å². The highest BCUT2D eigenvalue weighted by molar-refractivity contribution is 4.69. The molecular formula is C14H30O. The third-order valence-electron chi connectivity index (χ3n) is 3.20. The zero-order valence-corrected chi connectivity index (χ0v) is 11.1. The summed E-state index contributed by atoms with van der Waals surface area (Å²) in [6.07, 6.45) is 8.31. The summed E-state index contributed by atoms with van der Waals surface area (Å²) in [6, 6.07) is 0. The van der Waals surface area contributed by atoms with E-state index in [9.17, 15) is 5.11 Å². The molecule has 0 amide bonds. The first kappa shape index (κ1) is 15.0. The number of hydrogen-bond acceptors (Lipinski definition) is 1. The minimum atomic E-state index is -0.0609. The molecule has 0 spiro atoms. The summed E-state index contributed by atoms with van der Waals surface area (Å²) in [5.74, 6) is 1.23. The van der Waals surface area contributed by atoms with Crippen LogP contribution in [0.4, 0.5) is 0 Å². The Balaban J connectivity index is 3.68. The van der Waals surface area contributed by atoms with Gasteiger partial charge in [-0.3, -0.25) is 0 Å². The number of rotatable bonds is 9. The van der Waals surface area contributed by atoms with E-state index < -0.39 is 0 Å². The average molecular weight is 214 g/mol. The van der Waals surface area contributed by atoms with Gasteiger partial charge in [0.2, 0.25) is 0 Å². The Morgan fingerprint density at radius 3 is 2.13 bits per heavy atom. The Hall–Kier alpha value is -0.0400. The molecule has 15 heavy (non-hydrogen) atoms. The molecule has 0 heterocycles. The summed E-state index contributed by atoms with van der Waals surface area (Å²) in [5, 5.41) is 10.1. The second-order valence-electron chi connectivity index (χ2n) is 5.21. The van der Waals surface area contributed by atoms with Gasteiger partial charge >= 0.3 is 0 Å². The Morgan fingerprint density at radius 1 is 1.00 bits per heavy atom. The summed E-state index contributed by atoms with van der Waals surface area (Å²) in [4.78, 5) is 0. The molecule has 0 aromatic heterocycles. The molecule has 1 nitrogen and oxygen atoms in total. The van der Waals surface area contributed by atoms with Gasteiger partial charge in [0.15, 0.2) is 0 Å². The zero-order valence-electron chi connectivity index (χ0n) is 11.1. The van der Waals surface area contributed by atoms with Gasteiger partial charge in [-0.25, -0.2) is 0 Å². The van der Waals surface area contributed by atoms with Crippen LogP contribution in [-0.2, 0) is 0 Å². The molecular weight excluding hydrogens is 184 g/mol. The number of aliphatic hydroxyl groups excluding tert-OH is 1. The molecule has 0 aromatic carbocycles. The fraction of sp³-hybridized carbons (Fsp3) is 1.00. The second kappa shape index (κ2) is 9.21. The first-order valence-electron chi connectivity index (χ1n) is 6.79. The molecule has 0 rings (SSSR count). The molecule has 0 fully saturated rings. The number of aliphatic hydroxyl groups is 1. The van der Waals surface area contributed by atoms with Crippen LogP contribution in [0.15, 0.2) is 0 Å². The van der Waals surface area contributed by atoms with E-state index in [1.54, 1.807) is 0 Å². The maximum Gasteiger partial charge on any atom is 0.0568 e. The molecule has 0 aliphatic carbocycles. The van der Waals surface area contributed by atoms with E-state index in [2.05, 4.69) is 27.7 Å². The van der Waals surface area contributed by atoms with Crippen molar-refractivity contribution in [3.63, 3.8) is 0 Å². The predicted octanol–water partition coefficient (Wildman–Crippen LogP) is 4.39. The van der Waals surface area contributed by atoms with E-state index >= 15 is 0 Å². The van der Waals surface area contributed by atoms with Gasteiger partial charge in [0.05, 0.1) is 6.10 Å². The lowest BCUT2D eigenvalue weighted by Gasteiger charge is -2.23. The third kappa shape index (κ3) is 7.84. The summed E-state index contributed by atoms with van der Waals surface area (Å²) in [7, 11) is 0. The van der Waals surface area contributed by atoms with Crippen molar-refractivity contribution in [2.24, 2.45) is 11.8 Å². The lowest BCUT2D eigenvalue weighted by atomic mass is 9.87. The standard InChI is InChI=1S/C14H30O/c1-5-7-8-9-10-14(15)13(6-2)11-12(3)4/h12-15H,5-11H2,1-4H3. The van der Waals surface area contributed by atoms with Gasteiger partial charge in [0, 0.05) is 0 Å². The van der Waals surface area contributed by atoms with Gasteiger partial charge in [0.1, 0.15) is 0 Å². The van der Waals surface area contributed by atoms with Crippen LogP contribution in [0.2, 0.25) is 0 Å². The van der Waals surface area contributed by atoms with E-state index in [4.69, 9.17) is 0 Å². The van der Waals surface area contributed by atoms with Crippen molar-refractivity contribution in [2.75, 3.05) is 0 Å². The molecule has 0 aliphatic rings. The van der Waals surface area contributed by atoms with Crippen LogP contribution < -0.4 is 0 Å². The largest absolute Gasteiger partial charge is 0.393 e. The van der Waals surface area contributed by atoms with Crippen LogP contribution in [0.25, 0.3) is 0 Å². The van der Waals surface area contributed by atoms with Crippen molar-refractivity contribution in [1.29, 1.82) is 0 Å². The third-order valence-corrected chi connectivity index (χ3v) is 3.20. The van der Waals surface area contributed by atoms with E-state index in [0.29, 0.717) is 11.8 Å². The van der Waals surface area contributed by atoms with Crippen LogP contribution in [0.1, 0.15) is 72.6 Å². The van der Waals surface area contributed by atoms with E-state index in [-0.39, 0.29) is 6.10 Å². The van der Waals surface area contributed by atoms with Crippen LogP contribution in [0.3, 0.4) is 0 Å². The molecule has 2 atom stereocenters. The van der Waals surface area contributed by atoms with Gasteiger partial charge in [-0.05, 0) is 24.7 Å². The van der Waals surface area contributed by atoms with Crippen molar-refractivity contribution < 1.29 is 5.11 Å². The van der Waals surface area contributed by atoms with Crippen LogP contribution in [0, 0.1) is 11.8 Å². The Kier molecular flexibility index (Phi) is 9.18. The Labute approximate surface area is 96.3 Å². The topological polar surface area (TPSA) is 20.2 Å². The van der Waals surface area contributed by atoms with E-state index in [1.807, 2.05) is 0 Å². The molecule has 0 radical (unpaired) electrons. The molecule has 0 saturated heterocycles. The van der Waals surface area contributed by atoms with Crippen molar-refractivity contribution in [3.8, 4) is 0 Å².